The number of nitrogens with zero attached hydrogens (tertiary/aromatic N) is 6. The van der Waals surface area contributed by atoms with E-state index < -0.39 is 0 Å². The van der Waals surface area contributed by atoms with Gasteiger partial charge >= 0.3 is 0 Å². The number of aromatic nitrogens is 3. The summed E-state index contributed by atoms with van der Waals surface area (Å²) in [6, 6.07) is 15.9. The largest absolute Gasteiger partial charge is 0.352 e. The molecule has 7 heteroatoms. The van der Waals surface area contributed by atoms with Gasteiger partial charge in [-0.15, -0.1) is 0 Å². The van der Waals surface area contributed by atoms with Gasteiger partial charge in [0.1, 0.15) is 11.9 Å². The van der Waals surface area contributed by atoms with E-state index in [9.17, 15) is 10.1 Å². The van der Waals surface area contributed by atoms with Crippen LogP contribution < -0.4 is 4.90 Å². The number of amides is 1. The van der Waals surface area contributed by atoms with Crippen LogP contribution in [-0.4, -0.2) is 51.8 Å². The molecule has 7 nitrogen and oxygen atoms in total. The highest BCUT2D eigenvalue weighted by Gasteiger charge is 2.27. The van der Waals surface area contributed by atoms with Crippen LogP contribution in [-0.2, 0) is 13.0 Å². The number of carbonyl (C=O) groups excluding carboxylic acids is 1. The lowest BCUT2D eigenvalue weighted by Crippen LogP contribution is -2.49. The van der Waals surface area contributed by atoms with E-state index in [4.69, 9.17) is 0 Å². The van der Waals surface area contributed by atoms with Gasteiger partial charge in [-0.1, -0.05) is 37.3 Å². The first-order valence-corrected chi connectivity index (χ1v) is 10.2. The molecule has 1 saturated heterocycles. The molecule has 30 heavy (non-hydrogen) atoms. The van der Waals surface area contributed by atoms with Gasteiger partial charge in [-0.25, -0.2) is 4.98 Å². The van der Waals surface area contributed by atoms with Crippen molar-refractivity contribution in [1.82, 2.24) is 19.7 Å². The number of benzene rings is 1. The van der Waals surface area contributed by atoms with Crippen LogP contribution in [0.1, 0.15) is 34.1 Å². The third-order valence-corrected chi connectivity index (χ3v) is 5.46. The van der Waals surface area contributed by atoms with Crippen LogP contribution in [0, 0.1) is 11.3 Å². The van der Waals surface area contributed by atoms with E-state index in [0.29, 0.717) is 49.7 Å². The minimum absolute atomic E-state index is 0.0207. The lowest BCUT2D eigenvalue weighted by Gasteiger charge is -2.35. The molecule has 1 fully saturated rings. The summed E-state index contributed by atoms with van der Waals surface area (Å²) in [5, 5.41) is 13.8. The van der Waals surface area contributed by atoms with Gasteiger partial charge in [0.25, 0.3) is 5.91 Å². The molecular weight excluding hydrogens is 376 g/mol. The Morgan fingerprint density at radius 1 is 1.10 bits per heavy atom. The number of pyridine rings is 1. The SMILES string of the molecule is CCc1c(C(=O)N2CCN(c3ncccc3C#N)CC2)cnn1Cc1ccccc1. The normalized spacial score (nSPS) is 13.9. The molecule has 2 aromatic heterocycles. The fraction of sp³-hybridized carbons (Fsp3) is 0.304. The molecule has 1 amide bonds. The van der Waals surface area contributed by atoms with E-state index in [0.717, 1.165) is 17.7 Å². The van der Waals surface area contributed by atoms with E-state index in [1.807, 2.05) is 27.8 Å². The minimum Gasteiger partial charge on any atom is -0.352 e. The Balaban J connectivity index is 1.46. The number of hydrogen-bond acceptors (Lipinski definition) is 5. The molecule has 0 N–H and O–H groups in total. The first-order chi connectivity index (χ1) is 14.7. The fourth-order valence-corrected chi connectivity index (χ4v) is 3.88. The van der Waals surface area contributed by atoms with Gasteiger partial charge in [-0.2, -0.15) is 10.4 Å². The highest BCUT2D eigenvalue weighted by molar-refractivity contribution is 5.95. The molecule has 3 heterocycles. The smallest absolute Gasteiger partial charge is 0.257 e. The average molecular weight is 400 g/mol. The monoisotopic (exact) mass is 400 g/mol. The maximum absolute atomic E-state index is 13.2. The number of piperazine rings is 1. The Hall–Kier alpha value is -3.66. The highest BCUT2D eigenvalue weighted by atomic mass is 16.2. The van der Waals surface area contributed by atoms with E-state index in [1.54, 1.807) is 24.5 Å². The molecule has 0 aliphatic carbocycles. The molecule has 1 aliphatic heterocycles. The molecule has 0 saturated carbocycles. The minimum atomic E-state index is 0.0207. The zero-order valence-corrected chi connectivity index (χ0v) is 17.0. The predicted molar refractivity (Wildman–Crippen MR) is 114 cm³/mol. The third kappa shape index (κ3) is 3.90. The molecule has 0 atom stereocenters. The van der Waals surface area contributed by atoms with Crippen molar-refractivity contribution >= 4 is 11.7 Å². The first kappa shape index (κ1) is 19.6. The summed E-state index contributed by atoms with van der Waals surface area (Å²) in [6.45, 7) is 5.19. The summed E-state index contributed by atoms with van der Waals surface area (Å²) < 4.78 is 1.92. The summed E-state index contributed by atoms with van der Waals surface area (Å²) in [7, 11) is 0. The van der Waals surface area contributed by atoms with Crippen molar-refractivity contribution in [3.63, 3.8) is 0 Å². The molecule has 1 aromatic carbocycles. The van der Waals surface area contributed by atoms with Crippen molar-refractivity contribution in [2.24, 2.45) is 0 Å². The lowest BCUT2D eigenvalue weighted by molar-refractivity contribution is 0.0745. The average Bonchev–Trinajstić information content (AvgIpc) is 3.21. The Bertz CT molecular complexity index is 1060. The van der Waals surface area contributed by atoms with Gasteiger partial charge in [-0.3, -0.25) is 9.48 Å². The number of nitriles is 1. The lowest BCUT2D eigenvalue weighted by atomic mass is 10.1. The van der Waals surface area contributed by atoms with Crippen LogP contribution in [0.15, 0.2) is 54.9 Å². The topological polar surface area (TPSA) is 78.1 Å². The van der Waals surface area contributed by atoms with Gasteiger partial charge < -0.3 is 9.80 Å². The second-order valence-electron chi connectivity index (χ2n) is 7.27. The second kappa shape index (κ2) is 8.78. The summed E-state index contributed by atoms with van der Waals surface area (Å²) in [6.07, 6.45) is 4.14. The van der Waals surface area contributed by atoms with Gasteiger partial charge in [0.05, 0.1) is 29.6 Å². The van der Waals surface area contributed by atoms with Crippen LogP contribution in [0.5, 0.6) is 0 Å². The molecular formula is C23H24N6O. The molecule has 1 aliphatic rings. The van der Waals surface area contributed by atoms with Crippen LogP contribution in [0.3, 0.4) is 0 Å². The quantitative estimate of drug-likeness (QED) is 0.658. The van der Waals surface area contributed by atoms with Gasteiger partial charge in [0.15, 0.2) is 0 Å². The number of carbonyl (C=O) groups is 1. The van der Waals surface area contributed by atoms with Crippen molar-refractivity contribution in [1.29, 1.82) is 5.26 Å². The molecule has 0 bridgehead atoms. The van der Waals surface area contributed by atoms with Crippen LogP contribution in [0.25, 0.3) is 0 Å². The maximum Gasteiger partial charge on any atom is 0.257 e. The molecule has 152 valence electrons. The first-order valence-electron chi connectivity index (χ1n) is 10.2. The molecule has 4 rings (SSSR count). The van der Waals surface area contributed by atoms with Crippen molar-refractivity contribution in [2.75, 3.05) is 31.1 Å². The summed E-state index contributed by atoms with van der Waals surface area (Å²) in [5.74, 6) is 0.712. The highest BCUT2D eigenvalue weighted by Crippen LogP contribution is 2.20. The molecule has 0 unspecified atom stereocenters. The number of anilines is 1. The summed E-state index contributed by atoms with van der Waals surface area (Å²) >= 11 is 0. The van der Waals surface area contributed by atoms with E-state index >= 15 is 0 Å². The molecule has 0 spiro atoms. The van der Waals surface area contributed by atoms with Crippen LogP contribution in [0.2, 0.25) is 0 Å². The Kier molecular flexibility index (Phi) is 5.75. The van der Waals surface area contributed by atoms with Gasteiger partial charge in [0, 0.05) is 32.4 Å². The standard InChI is InChI=1S/C23H24N6O/c1-2-21-20(16-26-29(21)17-18-7-4-3-5-8-18)23(30)28-13-11-27(12-14-28)22-19(15-24)9-6-10-25-22/h3-10,16H,2,11-14,17H2,1H3. The van der Waals surface area contributed by atoms with Crippen LogP contribution in [0.4, 0.5) is 5.82 Å². The molecule has 3 aromatic rings. The van der Waals surface area contributed by atoms with E-state index in [-0.39, 0.29) is 5.91 Å². The Labute approximate surface area is 176 Å². The van der Waals surface area contributed by atoms with Crippen molar-refractivity contribution in [3.8, 4) is 6.07 Å². The van der Waals surface area contributed by atoms with Crippen molar-refractivity contribution in [2.45, 2.75) is 19.9 Å². The van der Waals surface area contributed by atoms with E-state index in [1.165, 1.54) is 0 Å². The summed E-state index contributed by atoms with van der Waals surface area (Å²) in [5.41, 5.74) is 3.36. The third-order valence-electron chi connectivity index (χ3n) is 5.46. The number of rotatable bonds is 5. The Morgan fingerprint density at radius 3 is 2.57 bits per heavy atom. The zero-order valence-electron chi connectivity index (χ0n) is 17.0. The Morgan fingerprint density at radius 2 is 1.87 bits per heavy atom. The van der Waals surface area contributed by atoms with Gasteiger partial charge in [-0.05, 0) is 24.1 Å². The number of hydrogen-bond donors (Lipinski definition) is 0. The van der Waals surface area contributed by atoms with Crippen molar-refractivity contribution < 1.29 is 4.79 Å². The van der Waals surface area contributed by atoms with E-state index in [2.05, 4.69) is 40.1 Å². The zero-order chi connectivity index (χ0) is 20.9. The molecule has 0 radical (unpaired) electrons. The predicted octanol–water partition coefficient (Wildman–Crippen LogP) is 2.72. The maximum atomic E-state index is 13.2. The van der Waals surface area contributed by atoms with Crippen LogP contribution >= 0.6 is 0 Å². The van der Waals surface area contributed by atoms with Crippen molar-refractivity contribution in [3.05, 3.63) is 77.2 Å². The summed E-state index contributed by atoms with van der Waals surface area (Å²) in [4.78, 5) is 21.5. The second-order valence-corrected chi connectivity index (χ2v) is 7.27. The van der Waals surface area contributed by atoms with Gasteiger partial charge in [0.2, 0.25) is 0 Å². The fourth-order valence-electron chi connectivity index (χ4n) is 3.88.